The molecule has 22 heavy (non-hydrogen) atoms. The maximum atomic E-state index is 10.0. The first-order valence-electron chi connectivity index (χ1n) is 8.54. The lowest BCUT2D eigenvalue weighted by Crippen LogP contribution is -2.60. The Morgan fingerprint density at radius 1 is 0.773 bits per heavy atom. The molecule has 1 rings (SSSR count). The van der Waals surface area contributed by atoms with Crippen LogP contribution < -0.4 is 0 Å². The second-order valence-electron chi connectivity index (χ2n) is 6.29. The highest BCUT2D eigenvalue weighted by Gasteiger charge is 2.45. The minimum atomic E-state index is -1.59. The quantitative estimate of drug-likeness (QED) is 0.379. The number of hydrogen-bond acceptors (Lipinski definition) is 6. The first-order chi connectivity index (χ1) is 10.5. The average Bonchev–Trinajstić information content (AvgIpc) is 2.51. The van der Waals surface area contributed by atoms with Crippen LogP contribution in [0.4, 0.5) is 0 Å². The van der Waals surface area contributed by atoms with E-state index in [-0.39, 0.29) is 0 Å². The second kappa shape index (κ2) is 10.5. The van der Waals surface area contributed by atoms with E-state index in [1.54, 1.807) is 0 Å². The molecule has 6 atom stereocenters. The van der Waals surface area contributed by atoms with Crippen molar-refractivity contribution in [3.8, 4) is 0 Å². The van der Waals surface area contributed by atoms with E-state index in [9.17, 15) is 25.5 Å². The Labute approximate surface area is 132 Å². The molecule has 5 N–H and O–H groups in total. The summed E-state index contributed by atoms with van der Waals surface area (Å²) in [5.41, 5.74) is 0. The van der Waals surface area contributed by atoms with Crippen LogP contribution in [0.25, 0.3) is 0 Å². The van der Waals surface area contributed by atoms with Crippen molar-refractivity contribution < 1.29 is 30.3 Å². The van der Waals surface area contributed by atoms with E-state index in [4.69, 9.17) is 4.74 Å². The first-order valence-corrected chi connectivity index (χ1v) is 8.54. The molecule has 1 heterocycles. The highest BCUT2D eigenvalue weighted by molar-refractivity contribution is 4.91. The molecule has 0 spiro atoms. The van der Waals surface area contributed by atoms with Crippen LogP contribution in [0.2, 0.25) is 0 Å². The van der Waals surface area contributed by atoms with Crippen molar-refractivity contribution in [1.82, 2.24) is 0 Å². The topological polar surface area (TPSA) is 110 Å². The predicted octanol–water partition coefficient (Wildman–Crippen LogP) is 0.678. The third kappa shape index (κ3) is 6.10. The maximum Gasteiger partial charge on any atom is 0.184 e. The molecule has 0 radical (unpaired) electrons. The lowest BCUT2D eigenvalue weighted by molar-refractivity contribution is -0.297. The number of aliphatic hydroxyl groups excluding tert-OH is 5. The lowest BCUT2D eigenvalue weighted by atomic mass is 9.93. The van der Waals surface area contributed by atoms with Gasteiger partial charge in [0, 0.05) is 0 Å². The van der Waals surface area contributed by atoms with Crippen LogP contribution in [0.5, 0.6) is 0 Å². The molecule has 6 heteroatoms. The fourth-order valence-corrected chi connectivity index (χ4v) is 2.86. The van der Waals surface area contributed by atoms with Crippen molar-refractivity contribution in [2.75, 3.05) is 0 Å². The van der Waals surface area contributed by atoms with E-state index in [1.807, 2.05) is 0 Å². The molecule has 0 amide bonds. The van der Waals surface area contributed by atoms with Gasteiger partial charge < -0.3 is 30.3 Å². The van der Waals surface area contributed by atoms with Gasteiger partial charge in [0.25, 0.3) is 0 Å². The van der Waals surface area contributed by atoms with E-state index in [1.165, 1.54) is 32.1 Å². The van der Waals surface area contributed by atoms with Gasteiger partial charge in [0.15, 0.2) is 6.29 Å². The standard InChI is InChI=1S/C16H32O6/c1-2-3-4-5-6-7-8-9-10-11(17)15-13(19)12(18)14(20)16(21)22-15/h11-21H,2-10H2,1H3/t11?,12-,13-,14+,15+,16?/m0/s1. The Bertz CT molecular complexity index is 288. The van der Waals surface area contributed by atoms with Crippen LogP contribution >= 0.6 is 0 Å². The van der Waals surface area contributed by atoms with Gasteiger partial charge in [0.05, 0.1) is 6.10 Å². The molecule has 0 aliphatic carbocycles. The van der Waals surface area contributed by atoms with Crippen LogP contribution in [0.1, 0.15) is 64.7 Å². The van der Waals surface area contributed by atoms with Crippen LogP contribution in [-0.4, -0.2) is 62.3 Å². The molecule has 1 fully saturated rings. The molecular weight excluding hydrogens is 288 g/mol. The van der Waals surface area contributed by atoms with Crippen molar-refractivity contribution >= 4 is 0 Å². The summed E-state index contributed by atoms with van der Waals surface area (Å²) in [5, 5.41) is 48.3. The first kappa shape index (κ1) is 19.8. The molecule has 1 aliphatic heterocycles. The number of ether oxygens (including phenoxy) is 1. The summed E-state index contributed by atoms with van der Waals surface area (Å²) < 4.78 is 5.01. The van der Waals surface area contributed by atoms with Crippen molar-refractivity contribution in [3.05, 3.63) is 0 Å². The normalized spacial score (nSPS) is 33.8. The molecule has 0 saturated carbocycles. The molecule has 1 saturated heterocycles. The summed E-state index contributed by atoms with van der Waals surface area (Å²) in [4.78, 5) is 0. The SMILES string of the molecule is CCCCCCCCCCC(O)[C@H]1OC(O)[C@H](O)[C@@H](O)[C@@H]1O. The van der Waals surface area contributed by atoms with Gasteiger partial charge in [0.2, 0.25) is 0 Å². The average molecular weight is 320 g/mol. The Morgan fingerprint density at radius 3 is 1.91 bits per heavy atom. The van der Waals surface area contributed by atoms with Gasteiger partial charge in [-0.2, -0.15) is 0 Å². The van der Waals surface area contributed by atoms with Gasteiger partial charge in [-0.1, -0.05) is 58.3 Å². The summed E-state index contributed by atoms with van der Waals surface area (Å²) in [6, 6.07) is 0. The lowest BCUT2D eigenvalue weighted by Gasteiger charge is -2.40. The van der Waals surface area contributed by atoms with E-state index >= 15 is 0 Å². The highest BCUT2D eigenvalue weighted by atomic mass is 16.6. The minimum absolute atomic E-state index is 0.437. The Kier molecular flexibility index (Phi) is 9.47. The smallest absolute Gasteiger partial charge is 0.184 e. The molecule has 1 aliphatic rings. The second-order valence-corrected chi connectivity index (χ2v) is 6.29. The highest BCUT2D eigenvalue weighted by Crippen LogP contribution is 2.24. The van der Waals surface area contributed by atoms with E-state index in [0.717, 1.165) is 19.3 Å². The molecule has 6 nitrogen and oxygen atoms in total. The fourth-order valence-electron chi connectivity index (χ4n) is 2.86. The van der Waals surface area contributed by atoms with E-state index in [0.29, 0.717) is 6.42 Å². The Balaban J connectivity index is 2.18. The van der Waals surface area contributed by atoms with E-state index in [2.05, 4.69) is 6.92 Å². The number of aliphatic hydroxyl groups is 5. The molecule has 0 aromatic heterocycles. The molecule has 0 aromatic carbocycles. The van der Waals surface area contributed by atoms with Crippen LogP contribution in [0, 0.1) is 0 Å². The van der Waals surface area contributed by atoms with Crippen LogP contribution in [-0.2, 0) is 4.74 Å². The molecular formula is C16H32O6. The fraction of sp³-hybridized carbons (Fsp3) is 1.00. The van der Waals surface area contributed by atoms with Gasteiger partial charge in [-0.25, -0.2) is 0 Å². The summed E-state index contributed by atoms with van der Waals surface area (Å²) in [5.74, 6) is 0. The summed E-state index contributed by atoms with van der Waals surface area (Å²) in [7, 11) is 0. The number of rotatable bonds is 10. The zero-order valence-electron chi connectivity index (χ0n) is 13.5. The third-order valence-corrected chi connectivity index (χ3v) is 4.36. The maximum absolute atomic E-state index is 10.0. The van der Waals surface area contributed by atoms with Crippen molar-refractivity contribution in [2.45, 2.75) is 102 Å². The summed E-state index contributed by atoms with van der Waals surface area (Å²) in [6.45, 7) is 2.19. The summed E-state index contributed by atoms with van der Waals surface area (Å²) >= 11 is 0. The van der Waals surface area contributed by atoms with Gasteiger partial charge >= 0.3 is 0 Å². The van der Waals surface area contributed by atoms with Crippen molar-refractivity contribution in [2.24, 2.45) is 0 Å². The predicted molar refractivity (Wildman–Crippen MR) is 82.1 cm³/mol. The van der Waals surface area contributed by atoms with E-state index < -0.39 is 36.8 Å². The van der Waals surface area contributed by atoms with Crippen LogP contribution in [0.15, 0.2) is 0 Å². The summed E-state index contributed by atoms with van der Waals surface area (Å²) in [6.07, 6.45) is 1.51. The zero-order chi connectivity index (χ0) is 16.5. The molecule has 2 unspecified atom stereocenters. The monoisotopic (exact) mass is 320 g/mol. The zero-order valence-corrected chi connectivity index (χ0v) is 13.5. The largest absolute Gasteiger partial charge is 0.390 e. The third-order valence-electron chi connectivity index (χ3n) is 4.36. The Morgan fingerprint density at radius 2 is 1.32 bits per heavy atom. The van der Waals surface area contributed by atoms with Crippen molar-refractivity contribution in [1.29, 1.82) is 0 Å². The molecule has 0 bridgehead atoms. The molecule has 132 valence electrons. The van der Waals surface area contributed by atoms with Gasteiger partial charge in [-0.3, -0.25) is 0 Å². The number of hydrogen-bond donors (Lipinski definition) is 5. The van der Waals surface area contributed by atoms with Crippen molar-refractivity contribution in [3.63, 3.8) is 0 Å². The van der Waals surface area contributed by atoms with Gasteiger partial charge in [0.1, 0.15) is 24.4 Å². The van der Waals surface area contributed by atoms with Crippen LogP contribution in [0.3, 0.4) is 0 Å². The minimum Gasteiger partial charge on any atom is -0.390 e. The van der Waals surface area contributed by atoms with Gasteiger partial charge in [-0.05, 0) is 6.42 Å². The molecule has 0 aromatic rings. The number of unbranched alkanes of at least 4 members (excludes halogenated alkanes) is 7. The van der Waals surface area contributed by atoms with Gasteiger partial charge in [-0.15, -0.1) is 0 Å². The Hall–Kier alpha value is -0.240.